The van der Waals surface area contributed by atoms with Crippen molar-refractivity contribution in [3.05, 3.63) is 0 Å². The molecule has 0 radical (unpaired) electrons. The highest BCUT2D eigenvalue weighted by molar-refractivity contribution is 4.82. The maximum atomic E-state index is 5.52. The van der Waals surface area contributed by atoms with Crippen molar-refractivity contribution in [3.8, 4) is 0 Å². The summed E-state index contributed by atoms with van der Waals surface area (Å²) in [6, 6.07) is 0. The largest absolute Gasteiger partial charge is 0.363 e. The second kappa shape index (κ2) is 4.07. The first kappa shape index (κ1) is 9.01. The Bertz CT molecular complexity index is 116. The van der Waals surface area contributed by atoms with E-state index >= 15 is 0 Å². The second-order valence-corrected chi connectivity index (χ2v) is 3.08. The third-order valence-electron chi connectivity index (χ3n) is 2.47. The molecule has 0 aromatic rings. The van der Waals surface area contributed by atoms with E-state index in [0.717, 1.165) is 12.5 Å². The molecule has 0 aliphatic carbocycles. The topological polar surface area (TPSA) is 12.5 Å². The fraction of sp³-hybridized carbons (Fsp3) is 1.00. The monoisotopic (exact) mass is 157 g/mol. The lowest BCUT2D eigenvalue weighted by Crippen LogP contribution is -2.27. The summed E-state index contributed by atoms with van der Waals surface area (Å²) in [5.41, 5.74) is 0. The van der Waals surface area contributed by atoms with Crippen molar-refractivity contribution in [1.82, 2.24) is 4.90 Å². The van der Waals surface area contributed by atoms with Gasteiger partial charge >= 0.3 is 0 Å². The van der Waals surface area contributed by atoms with Crippen LogP contribution in [0.3, 0.4) is 0 Å². The SMILES string of the molecule is CC.CN1CCC2CCOC21. The van der Waals surface area contributed by atoms with Crippen LogP contribution in [0.15, 0.2) is 0 Å². The molecule has 0 bridgehead atoms. The molecule has 0 saturated carbocycles. The number of likely N-dealkylation sites (tertiary alicyclic amines) is 1. The van der Waals surface area contributed by atoms with Crippen molar-refractivity contribution >= 4 is 0 Å². The predicted molar refractivity (Wildman–Crippen MR) is 46.4 cm³/mol. The Labute approximate surface area is 69.5 Å². The van der Waals surface area contributed by atoms with Gasteiger partial charge < -0.3 is 4.74 Å². The molecule has 2 aliphatic rings. The van der Waals surface area contributed by atoms with Gasteiger partial charge in [0.2, 0.25) is 0 Å². The minimum atomic E-state index is 0.477. The summed E-state index contributed by atoms with van der Waals surface area (Å²) in [6.07, 6.45) is 3.11. The van der Waals surface area contributed by atoms with Crippen LogP contribution in [0.1, 0.15) is 26.7 Å². The Morgan fingerprint density at radius 1 is 1.27 bits per heavy atom. The van der Waals surface area contributed by atoms with Gasteiger partial charge in [-0.3, -0.25) is 4.90 Å². The molecule has 2 nitrogen and oxygen atoms in total. The van der Waals surface area contributed by atoms with Crippen molar-refractivity contribution in [2.45, 2.75) is 32.9 Å². The Hall–Kier alpha value is -0.0800. The van der Waals surface area contributed by atoms with Gasteiger partial charge in [-0.2, -0.15) is 0 Å². The van der Waals surface area contributed by atoms with E-state index in [0.29, 0.717) is 6.23 Å². The van der Waals surface area contributed by atoms with E-state index in [-0.39, 0.29) is 0 Å². The molecule has 0 spiro atoms. The first-order valence-electron chi connectivity index (χ1n) is 4.70. The highest BCUT2D eigenvalue weighted by Gasteiger charge is 2.36. The third kappa shape index (κ3) is 1.74. The molecule has 2 heterocycles. The van der Waals surface area contributed by atoms with Crippen LogP contribution in [0.4, 0.5) is 0 Å². The van der Waals surface area contributed by atoms with E-state index in [1.54, 1.807) is 0 Å². The zero-order chi connectivity index (χ0) is 8.27. The molecule has 2 aliphatic heterocycles. The summed E-state index contributed by atoms with van der Waals surface area (Å²) >= 11 is 0. The van der Waals surface area contributed by atoms with E-state index < -0.39 is 0 Å². The Morgan fingerprint density at radius 2 is 2.00 bits per heavy atom. The molecule has 66 valence electrons. The molecule has 2 unspecified atom stereocenters. The number of fused-ring (bicyclic) bond motifs is 1. The van der Waals surface area contributed by atoms with Crippen molar-refractivity contribution in [2.75, 3.05) is 20.2 Å². The van der Waals surface area contributed by atoms with E-state index in [9.17, 15) is 0 Å². The summed E-state index contributed by atoms with van der Waals surface area (Å²) in [5, 5.41) is 0. The number of ether oxygens (including phenoxy) is 1. The Kier molecular flexibility index (Phi) is 3.34. The highest BCUT2D eigenvalue weighted by atomic mass is 16.5. The summed E-state index contributed by atoms with van der Waals surface area (Å²) in [6.45, 7) is 6.22. The molecule has 0 aromatic carbocycles. The van der Waals surface area contributed by atoms with Crippen LogP contribution in [0.5, 0.6) is 0 Å². The second-order valence-electron chi connectivity index (χ2n) is 3.08. The van der Waals surface area contributed by atoms with Crippen LogP contribution in [-0.2, 0) is 4.74 Å². The lowest BCUT2D eigenvalue weighted by atomic mass is 10.1. The quantitative estimate of drug-likeness (QED) is 0.531. The van der Waals surface area contributed by atoms with Crippen LogP contribution in [0.25, 0.3) is 0 Å². The van der Waals surface area contributed by atoms with Crippen LogP contribution in [0.2, 0.25) is 0 Å². The van der Waals surface area contributed by atoms with Gasteiger partial charge in [-0.15, -0.1) is 0 Å². The van der Waals surface area contributed by atoms with Gasteiger partial charge in [0.05, 0.1) is 0 Å². The van der Waals surface area contributed by atoms with Gasteiger partial charge in [-0.25, -0.2) is 0 Å². The predicted octanol–water partition coefficient (Wildman–Crippen LogP) is 1.71. The van der Waals surface area contributed by atoms with E-state index in [2.05, 4.69) is 11.9 Å². The smallest absolute Gasteiger partial charge is 0.113 e. The van der Waals surface area contributed by atoms with Crippen molar-refractivity contribution in [3.63, 3.8) is 0 Å². The number of hydrogen-bond acceptors (Lipinski definition) is 2. The van der Waals surface area contributed by atoms with E-state index in [1.165, 1.54) is 19.4 Å². The van der Waals surface area contributed by atoms with Crippen LogP contribution < -0.4 is 0 Å². The zero-order valence-electron chi connectivity index (χ0n) is 7.84. The molecule has 11 heavy (non-hydrogen) atoms. The van der Waals surface area contributed by atoms with Gasteiger partial charge in [0.1, 0.15) is 6.23 Å². The highest BCUT2D eigenvalue weighted by Crippen LogP contribution is 2.31. The number of rotatable bonds is 0. The molecule has 2 rings (SSSR count). The molecule has 2 saturated heterocycles. The fourth-order valence-electron chi connectivity index (χ4n) is 1.89. The zero-order valence-corrected chi connectivity index (χ0v) is 7.84. The third-order valence-corrected chi connectivity index (χ3v) is 2.47. The van der Waals surface area contributed by atoms with E-state index in [4.69, 9.17) is 4.74 Å². The van der Waals surface area contributed by atoms with Crippen LogP contribution in [0, 0.1) is 5.92 Å². The summed E-state index contributed by atoms with van der Waals surface area (Å²) < 4.78 is 5.52. The summed E-state index contributed by atoms with van der Waals surface area (Å²) in [5.74, 6) is 0.856. The van der Waals surface area contributed by atoms with Crippen LogP contribution >= 0.6 is 0 Å². The van der Waals surface area contributed by atoms with Gasteiger partial charge in [0.25, 0.3) is 0 Å². The summed E-state index contributed by atoms with van der Waals surface area (Å²) in [4.78, 5) is 2.32. The standard InChI is InChI=1S/C7H13NO.C2H6/c1-8-4-2-6-3-5-9-7(6)8;1-2/h6-7H,2-5H2,1H3;1-2H3. The Morgan fingerprint density at radius 3 is 2.64 bits per heavy atom. The molecule has 0 aromatic heterocycles. The fourth-order valence-corrected chi connectivity index (χ4v) is 1.89. The van der Waals surface area contributed by atoms with Crippen LogP contribution in [-0.4, -0.2) is 31.3 Å². The lowest BCUT2D eigenvalue weighted by Gasteiger charge is -2.16. The molecular weight excluding hydrogens is 138 g/mol. The average molecular weight is 157 g/mol. The lowest BCUT2D eigenvalue weighted by molar-refractivity contribution is 0.00710. The minimum absolute atomic E-state index is 0.477. The molecule has 2 fully saturated rings. The van der Waals surface area contributed by atoms with E-state index in [1.807, 2.05) is 13.8 Å². The molecule has 2 heteroatoms. The normalized spacial score (nSPS) is 36.3. The van der Waals surface area contributed by atoms with Gasteiger partial charge in [0, 0.05) is 19.1 Å². The summed E-state index contributed by atoms with van der Waals surface area (Å²) in [7, 11) is 2.15. The maximum Gasteiger partial charge on any atom is 0.113 e. The first-order chi connectivity index (χ1) is 5.38. The molecule has 2 atom stereocenters. The maximum absolute atomic E-state index is 5.52. The molecule has 0 N–H and O–H groups in total. The van der Waals surface area contributed by atoms with Gasteiger partial charge in [-0.1, -0.05) is 13.8 Å². The average Bonchev–Trinajstić information content (AvgIpc) is 2.60. The van der Waals surface area contributed by atoms with Crippen molar-refractivity contribution in [2.24, 2.45) is 5.92 Å². The van der Waals surface area contributed by atoms with Gasteiger partial charge in [0.15, 0.2) is 0 Å². The van der Waals surface area contributed by atoms with Crippen molar-refractivity contribution in [1.29, 1.82) is 0 Å². The van der Waals surface area contributed by atoms with Gasteiger partial charge in [-0.05, 0) is 19.9 Å². The first-order valence-corrected chi connectivity index (χ1v) is 4.70. The van der Waals surface area contributed by atoms with Crippen molar-refractivity contribution < 1.29 is 4.74 Å². The Balaban J connectivity index is 0.000000281. The number of hydrogen-bond donors (Lipinski definition) is 0. The minimum Gasteiger partial charge on any atom is -0.363 e. The number of nitrogens with zero attached hydrogens (tertiary/aromatic N) is 1. The molecular formula is C9H19NO. The molecule has 0 amide bonds.